The summed E-state index contributed by atoms with van der Waals surface area (Å²) in [6.07, 6.45) is 0. The van der Waals surface area contributed by atoms with Gasteiger partial charge in [0.25, 0.3) is 11.8 Å². The number of carbonyl (C=O) groups is 2. The molecular weight excluding hydrogens is 310 g/mol. The summed E-state index contributed by atoms with van der Waals surface area (Å²) in [5, 5.41) is 5.94. The molecule has 0 radical (unpaired) electrons. The molecule has 0 aliphatic carbocycles. The average Bonchev–Trinajstić information content (AvgIpc) is 2.49. The third kappa shape index (κ3) is 5.09. The molecule has 0 heterocycles. The summed E-state index contributed by atoms with van der Waals surface area (Å²) in [4.78, 5) is 22.9. The quantitative estimate of drug-likeness (QED) is 0.646. The van der Waals surface area contributed by atoms with E-state index in [9.17, 15) is 9.59 Å². The van der Waals surface area contributed by atoms with E-state index in [2.05, 4.69) is 10.6 Å². The smallest absolute Gasteiger partial charge is 0.255 e. The minimum atomic E-state index is -0.638. The van der Waals surface area contributed by atoms with Crippen LogP contribution in [0.2, 0.25) is 5.02 Å². The monoisotopic (exact) mass is 329 g/mol. The van der Waals surface area contributed by atoms with Gasteiger partial charge < -0.3 is 25.8 Å². The van der Waals surface area contributed by atoms with Crippen molar-refractivity contribution in [2.24, 2.45) is 5.73 Å². The van der Waals surface area contributed by atoms with Crippen molar-refractivity contribution in [3.63, 3.8) is 0 Å². The predicted molar refractivity (Wildman–Crippen MR) is 83.5 cm³/mol. The first-order valence-electron chi connectivity index (χ1n) is 6.63. The lowest BCUT2D eigenvalue weighted by molar-refractivity contribution is -0.119. The molecule has 2 amide bonds. The van der Waals surface area contributed by atoms with Gasteiger partial charge in [-0.1, -0.05) is 11.6 Å². The molecule has 8 heteroatoms. The van der Waals surface area contributed by atoms with Crippen molar-refractivity contribution in [3.8, 4) is 11.5 Å². The van der Waals surface area contributed by atoms with E-state index in [0.717, 1.165) is 0 Å². The molecule has 7 nitrogen and oxygen atoms in total. The second-order valence-electron chi connectivity index (χ2n) is 4.64. The van der Waals surface area contributed by atoms with Crippen LogP contribution in [0.4, 0.5) is 0 Å². The maximum Gasteiger partial charge on any atom is 0.255 e. The van der Waals surface area contributed by atoms with Crippen LogP contribution >= 0.6 is 11.6 Å². The highest BCUT2D eigenvalue weighted by Crippen LogP contribution is 2.36. The molecular formula is C14H20ClN3O4. The Morgan fingerprint density at radius 1 is 1.41 bits per heavy atom. The Hall–Kier alpha value is -1.99. The molecule has 0 aromatic heterocycles. The number of benzene rings is 1. The average molecular weight is 330 g/mol. The zero-order valence-electron chi connectivity index (χ0n) is 12.7. The van der Waals surface area contributed by atoms with Gasteiger partial charge in [-0.15, -0.1) is 0 Å². The van der Waals surface area contributed by atoms with Gasteiger partial charge in [-0.05, 0) is 26.1 Å². The van der Waals surface area contributed by atoms with Crippen LogP contribution in [0.5, 0.6) is 11.5 Å². The number of halogens is 1. The van der Waals surface area contributed by atoms with Crippen LogP contribution in [0.1, 0.15) is 17.3 Å². The Morgan fingerprint density at radius 2 is 2.09 bits per heavy atom. The number of hydrogen-bond acceptors (Lipinski definition) is 5. The number of ether oxygens (including phenoxy) is 2. The Balaban J connectivity index is 2.92. The highest BCUT2D eigenvalue weighted by Gasteiger charge is 2.16. The second-order valence-corrected chi connectivity index (χ2v) is 5.05. The number of nitrogens with one attached hydrogen (secondary N) is 2. The number of methoxy groups -OCH3 is 1. The van der Waals surface area contributed by atoms with E-state index in [-0.39, 0.29) is 35.1 Å². The molecule has 4 N–H and O–H groups in total. The maximum absolute atomic E-state index is 12.1. The first-order valence-corrected chi connectivity index (χ1v) is 7.01. The molecule has 0 saturated carbocycles. The van der Waals surface area contributed by atoms with Gasteiger partial charge >= 0.3 is 0 Å². The molecule has 1 unspecified atom stereocenters. The highest BCUT2D eigenvalue weighted by atomic mass is 35.5. The first kappa shape index (κ1) is 18.1. The van der Waals surface area contributed by atoms with E-state index in [1.165, 1.54) is 19.2 Å². The topological polar surface area (TPSA) is 103 Å². The molecule has 1 rings (SSSR count). The van der Waals surface area contributed by atoms with E-state index in [4.69, 9.17) is 26.8 Å². The van der Waals surface area contributed by atoms with Gasteiger partial charge in [0.05, 0.1) is 12.1 Å². The fourth-order valence-corrected chi connectivity index (χ4v) is 1.85. The van der Waals surface area contributed by atoms with Gasteiger partial charge in [-0.2, -0.15) is 0 Å². The van der Waals surface area contributed by atoms with Gasteiger partial charge in [-0.3, -0.25) is 9.59 Å². The van der Waals surface area contributed by atoms with Gasteiger partial charge in [-0.25, -0.2) is 0 Å². The Kier molecular flexibility index (Phi) is 6.94. The minimum absolute atomic E-state index is 0.138. The largest absolute Gasteiger partial charge is 0.493 e. The third-order valence-electron chi connectivity index (χ3n) is 2.91. The van der Waals surface area contributed by atoms with Crippen LogP contribution in [0.3, 0.4) is 0 Å². The van der Waals surface area contributed by atoms with Crippen LogP contribution in [0.25, 0.3) is 0 Å². The molecule has 122 valence electrons. The van der Waals surface area contributed by atoms with Crippen molar-refractivity contribution < 1.29 is 19.1 Å². The number of rotatable bonds is 8. The molecule has 1 aromatic rings. The number of hydrogen-bond donors (Lipinski definition) is 3. The van der Waals surface area contributed by atoms with Crippen LogP contribution < -0.4 is 25.8 Å². The van der Waals surface area contributed by atoms with Crippen molar-refractivity contribution in [2.45, 2.75) is 13.0 Å². The highest BCUT2D eigenvalue weighted by molar-refractivity contribution is 6.32. The second kappa shape index (κ2) is 8.45. The Labute approximate surface area is 134 Å². The normalized spacial score (nSPS) is 11.6. The van der Waals surface area contributed by atoms with Crippen LogP contribution in [0.15, 0.2) is 12.1 Å². The number of amides is 2. The molecule has 0 aliphatic rings. The molecule has 22 heavy (non-hydrogen) atoms. The van der Waals surface area contributed by atoms with E-state index in [1.54, 1.807) is 0 Å². The molecule has 0 aliphatic heterocycles. The summed E-state index contributed by atoms with van der Waals surface area (Å²) in [5.41, 5.74) is 5.35. The molecule has 0 saturated heterocycles. The van der Waals surface area contributed by atoms with Gasteiger partial charge in [0.2, 0.25) is 0 Å². The molecule has 1 aromatic carbocycles. The minimum Gasteiger partial charge on any atom is -0.493 e. The van der Waals surface area contributed by atoms with Crippen molar-refractivity contribution >= 4 is 23.4 Å². The number of likely N-dealkylation sites (N-methyl/N-ethyl adjacent to an activating group) is 1. The summed E-state index contributed by atoms with van der Waals surface area (Å²) >= 11 is 6.08. The summed E-state index contributed by atoms with van der Waals surface area (Å²) in [6, 6.07) is 3.07. The summed E-state index contributed by atoms with van der Waals surface area (Å²) in [6.45, 7) is 2.07. The van der Waals surface area contributed by atoms with E-state index in [1.807, 2.05) is 14.0 Å². The lowest BCUT2D eigenvalue weighted by Gasteiger charge is -2.14. The predicted octanol–water partition coefficient (Wildman–Crippen LogP) is 0.550. The summed E-state index contributed by atoms with van der Waals surface area (Å²) in [5.74, 6) is -0.506. The van der Waals surface area contributed by atoms with E-state index < -0.39 is 5.91 Å². The standard InChI is InChI=1S/C14H20ClN3O4/c1-8(17-2)6-18-14(20)9-4-10(15)13(11(5-9)21-3)22-7-12(16)19/h4-5,8,17H,6-7H2,1-3H3,(H2,16,19)(H,18,20). The van der Waals surface area contributed by atoms with Gasteiger partial charge in [0, 0.05) is 18.2 Å². The molecule has 1 atom stereocenters. The zero-order valence-corrected chi connectivity index (χ0v) is 13.5. The number of carbonyl (C=O) groups excluding carboxylic acids is 2. The van der Waals surface area contributed by atoms with Crippen LogP contribution in [-0.2, 0) is 4.79 Å². The number of primary amides is 1. The lowest BCUT2D eigenvalue weighted by Crippen LogP contribution is -2.37. The van der Waals surface area contributed by atoms with Crippen molar-refractivity contribution in [3.05, 3.63) is 22.7 Å². The summed E-state index contributed by atoms with van der Waals surface area (Å²) < 4.78 is 10.3. The summed E-state index contributed by atoms with van der Waals surface area (Å²) in [7, 11) is 3.22. The van der Waals surface area contributed by atoms with Gasteiger partial charge in [0.1, 0.15) is 0 Å². The Morgan fingerprint density at radius 3 is 2.64 bits per heavy atom. The fraction of sp³-hybridized carbons (Fsp3) is 0.429. The van der Waals surface area contributed by atoms with Crippen LogP contribution in [0, 0.1) is 0 Å². The lowest BCUT2D eigenvalue weighted by atomic mass is 10.1. The van der Waals surface area contributed by atoms with Gasteiger partial charge in [0.15, 0.2) is 18.1 Å². The maximum atomic E-state index is 12.1. The van der Waals surface area contributed by atoms with E-state index >= 15 is 0 Å². The fourth-order valence-electron chi connectivity index (χ4n) is 1.58. The van der Waals surface area contributed by atoms with Crippen LogP contribution in [-0.4, -0.2) is 45.2 Å². The van der Waals surface area contributed by atoms with E-state index in [0.29, 0.717) is 12.1 Å². The van der Waals surface area contributed by atoms with Crippen molar-refractivity contribution in [2.75, 3.05) is 27.3 Å². The molecule has 0 bridgehead atoms. The molecule has 0 spiro atoms. The molecule has 0 fully saturated rings. The first-order chi connectivity index (χ1) is 10.4. The Bertz CT molecular complexity index is 551. The number of nitrogens with two attached hydrogens (primary N) is 1. The zero-order chi connectivity index (χ0) is 16.7. The SMILES string of the molecule is CNC(C)CNC(=O)c1cc(Cl)c(OCC(N)=O)c(OC)c1. The van der Waals surface area contributed by atoms with Crippen molar-refractivity contribution in [1.29, 1.82) is 0 Å². The van der Waals surface area contributed by atoms with Crippen molar-refractivity contribution in [1.82, 2.24) is 10.6 Å². The third-order valence-corrected chi connectivity index (χ3v) is 3.19.